The Labute approximate surface area is 124 Å². The van der Waals surface area contributed by atoms with Crippen LogP contribution in [0.2, 0.25) is 0 Å². The predicted octanol–water partition coefficient (Wildman–Crippen LogP) is 0.660. The Kier molecular flexibility index (Phi) is 5.85. The maximum atomic E-state index is 13.2. The molecule has 0 unspecified atom stereocenters. The monoisotopic (exact) mass is 338 g/mol. The third kappa shape index (κ3) is 5.70. The van der Waals surface area contributed by atoms with Crippen LogP contribution in [-0.4, -0.2) is 36.2 Å². The predicted molar refractivity (Wildman–Crippen MR) is 78.5 cm³/mol. The molecule has 21 heavy (non-hydrogen) atoms. The van der Waals surface area contributed by atoms with Crippen molar-refractivity contribution in [1.82, 2.24) is 9.44 Å². The molecule has 0 fully saturated rings. The Balaban J connectivity index is 2.71. The third-order valence-electron chi connectivity index (χ3n) is 2.70. The molecular weight excluding hydrogens is 319 g/mol. The molecule has 2 N–H and O–H groups in total. The maximum Gasteiger partial charge on any atom is 0.241 e. The van der Waals surface area contributed by atoms with Crippen molar-refractivity contribution >= 4 is 20.0 Å². The van der Waals surface area contributed by atoms with E-state index in [2.05, 4.69) is 9.44 Å². The Bertz CT molecular complexity index is 692. The summed E-state index contributed by atoms with van der Waals surface area (Å²) in [5, 5.41) is 0. The quantitative estimate of drug-likeness (QED) is 0.715. The van der Waals surface area contributed by atoms with Gasteiger partial charge in [-0.25, -0.2) is 30.7 Å². The normalized spacial score (nSPS) is 12.6. The van der Waals surface area contributed by atoms with E-state index >= 15 is 0 Å². The largest absolute Gasteiger partial charge is 0.241 e. The van der Waals surface area contributed by atoms with Crippen LogP contribution in [0.3, 0.4) is 0 Å². The van der Waals surface area contributed by atoms with Crippen molar-refractivity contribution in [3.8, 4) is 0 Å². The van der Waals surface area contributed by atoms with Crippen LogP contribution < -0.4 is 9.44 Å². The summed E-state index contributed by atoms with van der Waals surface area (Å²) in [4.78, 5) is 0.0555. The van der Waals surface area contributed by atoms with Crippen LogP contribution in [0.4, 0.5) is 4.39 Å². The molecule has 1 aromatic rings. The summed E-state index contributed by atoms with van der Waals surface area (Å²) in [7, 11) is -7.03. The number of sulfonamides is 2. The molecule has 0 bridgehead atoms. The molecule has 6 nitrogen and oxygen atoms in total. The minimum atomic E-state index is -3.75. The maximum absolute atomic E-state index is 13.2. The molecule has 0 aliphatic heterocycles. The van der Waals surface area contributed by atoms with Gasteiger partial charge in [0.2, 0.25) is 20.0 Å². The second-order valence-electron chi connectivity index (χ2n) is 4.79. The van der Waals surface area contributed by atoms with Crippen LogP contribution in [0, 0.1) is 19.7 Å². The molecule has 0 radical (unpaired) electrons. The molecule has 1 aromatic carbocycles. The fraction of sp³-hybridized carbons (Fsp3) is 0.500. The average Bonchev–Trinajstić information content (AvgIpc) is 2.24. The molecular formula is C12H19FN2O4S2. The van der Waals surface area contributed by atoms with Gasteiger partial charge in [0.05, 0.1) is 11.2 Å². The summed E-state index contributed by atoms with van der Waals surface area (Å²) in [5.74, 6) is -0.485. The minimum Gasteiger partial charge on any atom is -0.215 e. The molecule has 0 saturated heterocycles. The van der Waals surface area contributed by atoms with Crippen LogP contribution in [0.1, 0.15) is 17.5 Å². The van der Waals surface area contributed by atoms with Gasteiger partial charge in [-0.3, -0.25) is 0 Å². The summed E-state index contributed by atoms with van der Waals surface area (Å²) in [5.41, 5.74) is 0.656. The van der Waals surface area contributed by atoms with Crippen molar-refractivity contribution in [3.05, 3.63) is 29.1 Å². The molecule has 0 aromatic heterocycles. The highest BCUT2D eigenvalue weighted by Gasteiger charge is 2.19. The highest BCUT2D eigenvalue weighted by molar-refractivity contribution is 7.89. The standard InChI is InChI=1S/C12H19FN2O4S2/c1-9-7-11(13)8-10(2)12(9)21(18,19)15-6-4-5-14-20(3,16)17/h7-8,14-15H,4-6H2,1-3H3. The molecule has 0 aliphatic rings. The van der Waals surface area contributed by atoms with E-state index in [9.17, 15) is 21.2 Å². The van der Waals surface area contributed by atoms with E-state index in [0.717, 1.165) is 18.4 Å². The highest BCUT2D eigenvalue weighted by Crippen LogP contribution is 2.21. The van der Waals surface area contributed by atoms with Crippen molar-refractivity contribution in [2.75, 3.05) is 19.3 Å². The van der Waals surface area contributed by atoms with Crippen LogP contribution in [-0.2, 0) is 20.0 Å². The van der Waals surface area contributed by atoms with Gasteiger partial charge in [-0.15, -0.1) is 0 Å². The Morgan fingerprint density at radius 1 is 1.00 bits per heavy atom. The molecule has 9 heteroatoms. The highest BCUT2D eigenvalue weighted by atomic mass is 32.2. The summed E-state index contributed by atoms with van der Waals surface area (Å²) < 4.78 is 63.9. The van der Waals surface area contributed by atoms with E-state index in [1.807, 2.05) is 0 Å². The van der Waals surface area contributed by atoms with E-state index in [4.69, 9.17) is 0 Å². The Morgan fingerprint density at radius 2 is 1.48 bits per heavy atom. The first-order valence-electron chi connectivity index (χ1n) is 6.24. The van der Waals surface area contributed by atoms with Gasteiger partial charge in [-0.05, 0) is 43.5 Å². The fourth-order valence-corrected chi connectivity index (χ4v) is 3.98. The van der Waals surface area contributed by atoms with E-state index in [1.54, 1.807) is 0 Å². The van der Waals surface area contributed by atoms with Crippen LogP contribution in [0.15, 0.2) is 17.0 Å². The van der Waals surface area contributed by atoms with Crippen molar-refractivity contribution in [2.45, 2.75) is 25.2 Å². The zero-order valence-corrected chi connectivity index (χ0v) is 13.7. The summed E-state index contributed by atoms with van der Waals surface area (Å²) in [6.07, 6.45) is 1.34. The molecule has 0 amide bonds. The Morgan fingerprint density at radius 3 is 1.95 bits per heavy atom. The van der Waals surface area contributed by atoms with Gasteiger partial charge in [-0.1, -0.05) is 0 Å². The fourth-order valence-electron chi connectivity index (χ4n) is 1.95. The first-order chi connectivity index (χ1) is 9.53. The number of benzene rings is 1. The van der Waals surface area contributed by atoms with Gasteiger partial charge >= 0.3 is 0 Å². The number of hydrogen-bond donors (Lipinski definition) is 2. The topological polar surface area (TPSA) is 92.3 Å². The smallest absolute Gasteiger partial charge is 0.215 e. The first-order valence-corrected chi connectivity index (χ1v) is 9.61. The molecule has 0 heterocycles. The SMILES string of the molecule is Cc1cc(F)cc(C)c1S(=O)(=O)NCCCNS(C)(=O)=O. The van der Waals surface area contributed by atoms with Gasteiger partial charge in [0.15, 0.2) is 0 Å². The van der Waals surface area contributed by atoms with Crippen molar-refractivity contribution < 1.29 is 21.2 Å². The number of hydrogen-bond acceptors (Lipinski definition) is 4. The van der Waals surface area contributed by atoms with E-state index in [-0.39, 0.29) is 18.0 Å². The van der Waals surface area contributed by atoms with Crippen molar-refractivity contribution in [1.29, 1.82) is 0 Å². The summed E-state index contributed by atoms with van der Waals surface area (Å²) in [6.45, 7) is 3.27. The second-order valence-corrected chi connectivity index (χ2v) is 8.32. The van der Waals surface area contributed by atoms with E-state index in [1.165, 1.54) is 13.8 Å². The van der Waals surface area contributed by atoms with Crippen LogP contribution >= 0.6 is 0 Å². The third-order valence-corrected chi connectivity index (χ3v) is 5.20. The van der Waals surface area contributed by atoms with E-state index < -0.39 is 25.9 Å². The first kappa shape index (κ1) is 18.0. The van der Waals surface area contributed by atoms with Gasteiger partial charge in [0, 0.05) is 13.1 Å². The number of rotatable bonds is 7. The lowest BCUT2D eigenvalue weighted by molar-refractivity contribution is 0.573. The van der Waals surface area contributed by atoms with Gasteiger partial charge in [0.1, 0.15) is 5.82 Å². The summed E-state index contributed by atoms with van der Waals surface area (Å²) in [6, 6.07) is 2.32. The number of halogens is 1. The number of nitrogens with one attached hydrogen (secondary N) is 2. The van der Waals surface area contributed by atoms with Crippen molar-refractivity contribution in [3.63, 3.8) is 0 Å². The van der Waals surface area contributed by atoms with Crippen molar-refractivity contribution in [2.24, 2.45) is 0 Å². The van der Waals surface area contributed by atoms with Crippen LogP contribution in [0.25, 0.3) is 0 Å². The van der Waals surface area contributed by atoms with E-state index in [0.29, 0.717) is 17.5 Å². The lowest BCUT2D eigenvalue weighted by atomic mass is 10.1. The average molecular weight is 338 g/mol. The minimum absolute atomic E-state index is 0.0555. The van der Waals surface area contributed by atoms with Gasteiger partial charge in [-0.2, -0.15) is 0 Å². The zero-order valence-electron chi connectivity index (χ0n) is 12.1. The lowest BCUT2D eigenvalue weighted by Gasteiger charge is -2.12. The molecule has 0 saturated carbocycles. The molecule has 120 valence electrons. The summed E-state index contributed by atoms with van der Waals surface area (Å²) >= 11 is 0. The molecule has 0 aliphatic carbocycles. The second kappa shape index (κ2) is 6.82. The molecule has 0 atom stereocenters. The lowest BCUT2D eigenvalue weighted by Crippen LogP contribution is -2.30. The van der Waals surface area contributed by atoms with Crippen LogP contribution in [0.5, 0.6) is 0 Å². The number of aryl methyl sites for hydroxylation is 2. The van der Waals surface area contributed by atoms with Gasteiger partial charge < -0.3 is 0 Å². The zero-order chi connectivity index (χ0) is 16.3. The molecule has 0 spiro atoms. The van der Waals surface area contributed by atoms with Gasteiger partial charge in [0.25, 0.3) is 0 Å². The molecule has 1 rings (SSSR count). The Hall–Kier alpha value is -1.03.